The summed E-state index contributed by atoms with van der Waals surface area (Å²) in [7, 11) is 3.68. The summed E-state index contributed by atoms with van der Waals surface area (Å²) in [6.45, 7) is 10.0. The number of likely N-dealkylation sites (tertiary alicyclic amines) is 1. The van der Waals surface area contributed by atoms with Gasteiger partial charge in [0.1, 0.15) is 0 Å². The molecule has 0 saturated carbocycles. The van der Waals surface area contributed by atoms with Crippen LogP contribution in [0.5, 0.6) is 0 Å². The van der Waals surface area contributed by atoms with Crippen LogP contribution in [-0.4, -0.2) is 97.9 Å². The van der Waals surface area contributed by atoms with Crippen molar-refractivity contribution in [1.82, 2.24) is 19.8 Å². The van der Waals surface area contributed by atoms with Crippen LogP contribution in [-0.2, 0) is 14.3 Å². The first-order chi connectivity index (χ1) is 14.4. The minimum absolute atomic E-state index is 0.0763. The molecule has 30 heavy (non-hydrogen) atoms. The van der Waals surface area contributed by atoms with Gasteiger partial charge in [0, 0.05) is 65.5 Å². The van der Waals surface area contributed by atoms with Crippen molar-refractivity contribution >= 4 is 11.9 Å². The number of hydrogen-bond donors (Lipinski definition) is 0. The number of amides is 1. The van der Waals surface area contributed by atoms with E-state index in [0.29, 0.717) is 5.92 Å². The molecule has 0 N–H and O–H groups in total. The third kappa shape index (κ3) is 4.76. The number of hydrogen-bond acceptors (Lipinski definition) is 7. The van der Waals surface area contributed by atoms with E-state index >= 15 is 0 Å². The molecule has 8 heteroatoms. The van der Waals surface area contributed by atoms with Crippen molar-refractivity contribution in [2.75, 3.05) is 64.9 Å². The summed E-state index contributed by atoms with van der Waals surface area (Å²) in [6, 6.07) is 1.99. The Hall–Kier alpha value is -1.77. The molecule has 166 valence electrons. The number of carbonyl (C=O) groups is 1. The van der Waals surface area contributed by atoms with Gasteiger partial charge >= 0.3 is 0 Å². The molecule has 0 spiro atoms. The first kappa shape index (κ1) is 21.5. The zero-order valence-corrected chi connectivity index (χ0v) is 18.7. The molecule has 1 amide bonds. The monoisotopic (exact) mass is 417 g/mol. The van der Waals surface area contributed by atoms with Crippen molar-refractivity contribution in [1.29, 1.82) is 0 Å². The molecule has 3 aliphatic heterocycles. The highest BCUT2D eigenvalue weighted by atomic mass is 16.5. The molecule has 0 unspecified atom stereocenters. The van der Waals surface area contributed by atoms with Crippen LogP contribution in [0.25, 0.3) is 0 Å². The van der Waals surface area contributed by atoms with Crippen molar-refractivity contribution in [2.24, 2.45) is 11.8 Å². The van der Waals surface area contributed by atoms with Crippen LogP contribution in [0.3, 0.4) is 0 Å². The Kier molecular flexibility index (Phi) is 6.55. The summed E-state index contributed by atoms with van der Waals surface area (Å²) in [5.74, 6) is 1.50. The fraction of sp³-hybridized carbons (Fsp3) is 0.773. The fourth-order valence-corrected chi connectivity index (χ4v) is 5.07. The summed E-state index contributed by atoms with van der Waals surface area (Å²) < 4.78 is 11.4. The van der Waals surface area contributed by atoms with Gasteiger partial charge in [0.2, 0.25) is 11.9 Å². The normalized spacial score (nSPS) is 32.5. The zero-order chi connectivity index (χ0) is 21.3. The maximum atomic E-state index is 13.0. The van der Waals surface area contributed by atoms with Crippen LogP contribution in [0, 0.1) is 11.8 Å². The average molecular weight is 418 g/mol. The zero-order valence-electron chi connectivity index (χ0n) is 18.7. The molecule has 8 nitrogen and oxygen atoms in total. The van der Waals surface area contributed by atoms with Gasteiger partial charge in [-0.25, -0.2) is 9.97 Å². The van der Waals surface area contributed by atoms with E-state index in [1.165, 1.54) is 0 Å². The Morgan fingerprint density at radius 3 is 2.63 bits per heavy atom. The van der Waals surface area contributed by atoms with Gasteiger partial charge in [0.25, 0.3) is 0 Å². The highest BCUT2D eigenvalue weighted by molar-refractivity contribution is 5.80. The topological polar surface area (TPSA) is 71.0 Å². The number of ether oxygens (including phenoxy) is 2. The Morgan fingerprint density at radius 2 is 1.97 bits per heavy atom. The molecule has 3 fully saturated rings. The van der Waals surface area contributed by atoms with Crippen molar-refractivity contribution < 1.29 is 14.3 Å². The quantitative estimate of drug-likeness (QED) is 0.714. The molecule has 5 atom stereocenters. The van der Waals surface area contributed by atoms with Crippen LogP contribution in [0.1, 0.15) is 31.9 Å². The summed E-state index contributed by atoms with van der Waals surface area (Å²) in [5.41, 5.74) is 0.970. The first-order valence-electron chi connectivity index (χ1n) is 11.1. The Balaban J connectivity index is 1.54. The Labute approximate surface area is 179 Å². The van der Waals surface area contributed by atoms with Crippen molar-refractivity contribution in [3.8, 4) is 0 Å². The van der Waals surface area contributed by atoms with Gasteiger partial charge in [-0.15, -0.1) is 0 Å². The number of aromatic nitrogens is 2. The van der Waals surface area contributed by atoms with Crippen molar-refractivity contribution in [3.63, 3.8) is 0 Å². The molecule has 0 aliphatic carbocycles. The summed E-state index contributed by atoms with van der Waals surface area (Å²) in [6.07, 6.45) is 3.25. The van der Waals surface area contributed by atoms with E-state index in [1.54, 1.807) is 4.90 Å². The number of rotatable bonds is 5. The molecule has 1 aromatic rings. The van der Waals surface area contributed by atoms with Gasteiger partial charge in [-0.2, -0.15) is 0 Å². The second-order valence-corrected chi connectivity index (χ2v) is 9.34. The minimum Gasteiger partial charge on any atom is -0.381 e. The van der Waals surface area contributed by atoms with E-state index in [4.69, 9.17) is 14.5 Å². The van der Waals surface area contributed by atoms with Gasteiger partial charge in [-0.3, -0.25) is 4.79 Å². The SMILES string of the molecule is C[C@@H]1CN(c2nccc([C@@H]3CN(C[C@H]4CCOC4)C[C@H]3C(=O)N(C)C)n2)C[C@H](C)O1. The number of nitrogens with zero attached hydrogens (tertiary/aromatic N) is 5. The van der Waals surface area contributed by atoms with Crippen molar-refractivity contribution in [2.45, 2.75) is 38.4 Å². The van der Waals surface area contributed by atoms with Crippen LogP contribution in [0.15, 0.2) is 12.3 Å². The van der Waals surface area contributed by atoms with E-state index in [9.17, 15) is 4.79 Å². The number of carbonyl (C=O) groups excluding carboxylic acids is 1. The van der Waals surface area contributed by atoms with E-state index in [0.717, 1.165) is 64.0 Å². The smallest absolute Gasteiger partial charge is 0.227 e. The Bertz CT molecular complexity index is 729. The largest absolute Gasteiger partial charge is 0.381 e. The van der Waals surface area contributed by atoms with E-state index in [1.807, 2.05) is 26.4 Å². The molecule has 4 heterocycles. The van der Waals surface area contributed by atoms with Gasteiger partial charge in [0.15, 0.2) is 0 Å². The second-order valence-electron chi connectivity index (χ2n) is 9.34. The van der Waals surface area contributed by atoms with Crippen molar-refractivity contribution in [3.05, 3.63) is 18.0 Å². The maximum absolute atomic E-state index is 13.0. The highest BCUT2D eigenvalue weighted by Gasteiger charge is 2.41. The highest BCUT2D eigenvalue weighted by Crippen LogP contribution is 2.34. The predicted molar refractivity (Wildman–Crippen MR) is 115 cm³/mol. The van der Waals surface area contributed by atoms with Gasteiger partial charge in [-0.1, -0.05) is 0 Å². The van der Waals surface area contributed by atoms with Crippen LogP contribution in [0.2, 0.25) is 0 Å². The lowest BCUT2D eigenvalue weighted by atomic mass is 9.91. The number of anilines is 1. The molecule has 3 aliphatic rings. The lowest BCUT2D eigenvalue weighted by Crippen LogP contribution is -2.46. The lowest BCUT2D eigenvalue weighted by molar-refractivity contribution is -0.133. The fourth-order valence-electron chi connectivity index (χ4n) is 5.07. The van der Waals surface area contributed by atoms with E-state index < -0.39 is 0 Å². The van der Waals surface area contributed by atoms with Gasteiger partial charge in [-0.05, 0) is 32.3 Å². The molecule has 1 aromatic heterocycles. The minimum atomic E-state index is -0.0763. The Morgan fingerprint density at radius 1 is 1.20 bits per heavy atom. The summed E-state index contributed by atoms with van der Waals surface area (Å²) >= 11 is 0. The summed E-state index contributed by atoms with van der Waals surface area (Å²) in [4.78, 5) is 28.8. The maximum Gasteiger partial charge on any atom is 0.227 e. The molecule has 0 aromatic carbocycles. The molecule has 0 bridgehead atoms. The van der Waals surface area contributed by atoms with E-state index in [-0.39, 0.29) is 30.0 Å². The van der Waals surface area contributed by atoms with Crippen LogP contribution >= 0.6 is 0 Å². The second kappa shape index (κ2) is 9.16. The molecule has 3 saturated heterocycles. The molecule has 4 rings (SSSR count). The van der Waals surface area contributed by atoms with Crippen LogP contribution in [0.4, 0.5) is 5.95 Å². The number of morpholine rings is 1. The standard InChI is InChI=1S/C22H35N5O3/c1-15-9-27(10-16(2)30-15)22-23-7-5-20(24-22)18-12-26(11-17-6-8-29-14-17)13-19(18)21(28)25(3)4/h5,7,15-19H,6,8-14H2,1-4H3/t15-,16+,17-,18-,19-/m1/s1. The third-order valence-corrected chi connectivity index (χ3v) is 6.44. The lowest BCUT2D eigenvalue weighted by Gasteiger charge is -2.35. The molecular weight excluding hydrogens is 382 g/mol. The average Bonchev–Trinajstić information content (AvgIpc) is 3.37. The predicted octanol–water partition coefficient (Wildman–Crippen LogP) is 1.23. The first-order valence-corrected chi connectivity index (χ1v) is 11.1. The third-order valence-electron chi connectivity index (χ3n) is 6.44. The van der Waals surface area contributed by atoms with Gasteiger partial charge in [0.05, 0.1) is 30.4 Å². The van der Waals surface area contributed by atoms with Gasteiger partial charge < -0.3 is 24.2 Å². The molecular formula is C22H35N5O3. The van der Waals surface area contributed by atoms with Crippen LogP contribution < -0.4 is 4.90 Å². The summed E-state index contributed by atoms with van der Waals surface area (Å²) in [5, 5.41) is 0. The van der Waals surface area contributed by atoms with E-state index in [2.05, 4.69) is 28.6 Å². The molecule has 0 radical (unpaired) electrons.